The molecule has 1 heterocycles. The molecule has 2 aromatic carbocycles. The number of carbonyl (C=O) groups excluding carboxylic acids is 4. The highest BCUT2D eigenvalue weighted by atomic mass is 16.5. The molecule has 3 N–H and O–H groups in total. The molecule has 0 aliphatic rings. The maximum atomic E-state index is 13.4. The van der Waals surface area contributed by atoms with Gasteiger partial charge < -0.3 is 29.8 Å². The molecule has 3 rings (SSSR count). The summed E-state index contributed by atoms with van der Waals surface area (Å²) in [5.74, 6) is -1.36. The van der Waals surface area contributed by atoms with Crippen molar-refractivity contribution in [3.8, 4) is 0 Å². The number of nitrogens with one attached hydrogen (secondary N) is 3. The van der Waals surface area contributed by atoms with Gasteiger partial charge >= 0.3 is 6.09 Å². The fourth-order valence-electron chi connectivity index (χ4n) is 4.15. The number of benzene rings is 2. The van der Waals surface area contributed by atoms with Gasteiger partial charge in [-0.15, -0.1) is 0 Å². The quantitative estimate of drug-likeness (QED) is 0.240. The second-order valence-electron chi connectivity index (χ2n) is 10.00. The number of furan rings is 1. The monoisotopic (exact) mass is 563 g/mol. The van der Waals surface area contributed by atoms with Crippen LogP contribution in [0, 0.1) is 5.92 Å². The van der Waals surface area contributed by atoms with Gasteiger partial charge in [-0.25, -0.2) is 4.79 Å². The molecule has 3 aromatic rings. The molecule has 0 bridgehead atoms. The molecule has 3 unspecified atom stereocenters. The fourth-order valence-corrected chi connectivity index (χ4v) is 4.15. The van der Waals surface area contributed by atoms with Crippen molar-refractivity contribution in [2.45, 2.75) is 51.4 Å². The first-order valence-corrected chi connectivity index (χ1v) is 13.4. The van der Waals surface area contributed by atoms with Crippen LogP contribution in [0.4, 0.5) is 4.79 Å². The first kappa shape index (κ1) is 31.1. The van der Waals surface area contributed by atoms with Crippen molar-refractivity contribution in [3.63, 3.8) is 0 Å². The summed E-state index contributed by atoms with van der Waals surface area (Å²) in [7, 11) is 1.40. The van der Waals surface area contributed by atoms with Gasteiger partial charge in [0.15, 0.2) is 5.76 Å². The van der Waals surface area contributed by atoms with Crippen LogP contribution in [-0.2, 0) is 32.1 Å². The van der Waals surface area contributed by atoms with E-state index in [0.717, 1.165) is 11.1 Å². The van der Waals surface area contributed by atoms with E-state index in [0.29, 0.717) is 6.42 Å². The number of Topliss-reactive ketones (excluding diaryl/α,β-unsaturated/α-hetero) is 1. The Kier molecular flexibility index (Phi) is 12.1. The highest BCUT2D eigenvalue weighted by molar-refractivity contribution is 6.01. The molecule has 10 nitrogen and oxygen atoms in total. The maximum absolute atomic E-state index is 13.4. The Hall–Kier alpha value is -4.44. The van der Waals surface area contributed by atoms with E-state index in [4.69, 9.17) is 13.9 Å². The van der Waals surface area contributed by atoms with Crippen molar-refractivity contribution < 1.29 is 33.1 Å². The third-order valence-electron chi connectivity index (χ3n) is 6.17. The zero-order valence-corrected chi connectivity index (χ0v) is 23.5. The van der Waals surface area contributed by atoms with Gasteiger partial charge in [-0.05, 0) is 35.6 Å². The molecule has 0 fully saturated rings. The van der Waals surface area contributed by atoms with E-state index >= 15 is 0 Å². The molecule has 41 heavy (non-hydrogen) atoms. The van der Waals surface area contributed by atoms with Gasteiger partial charge in [0, 0.05) is 13.5 Å². The first-order valence-electron chi connectivity index (χ1n) is 13.4. The van der Waals surface area contributed by atoms with Crippen molar-refractivity contribution in [1.29, 1.82) is 0 Å². The standard InChI is InChI=1S/C31H37N3O7/c1-21(2)17-24(28(35)27-15-10-16-40-27)32-30(37)26(20-39-3)33-29(36)25(18-22-11-6-4-7-12-22)34-31(38)41-19-23-13-8-5-9-14-23/h4-16,21,24-26H,17-20H2,1-3H3,(H,32,37)(H,33,36)(H,34,38). The molecule has 0 saturated heterocycles. The SMILES string of the molecule is COCC(NC(=O)C(Cc1ccccc1)NC(=O)OCc1ccccc1)C(=O)NC(CC(C)C)C(=O)c1ccco1. The average Bonchev–Trinajstić information content (AvgIpc) is 3.51. The van der Waals surface area contributed by atoms with Crippen molar-refractivity contribution in [2.75, 3.05) is 13.7 Å². The smallest absolute Gasteiger partial charge is 0.408 e. The van der Waals surface area contributed by atoms with Gasteiger partial charge in [0.1, 0.15) is 18.7 Å². The number of alkyl carbamates (subject to hydrolysis) is 1. The van der Waals surface area contributed by atoms with E-state index in [1.807, 2.05) is 74.5 Å². The molecule has 0 spiro atoms. The number of amides is 3. The summed E-state index contributed by atoms with van der Waals surface area (Å²) in [4.78, 5) is 52.4. The lowest BCUT2D eigenvalue weighted by molar-refractivity contribution is -0.131. The Bertz CT molecular complexity index is 1250. The maximum Gasteiger partial charge on any atom is 0.408 e. The highest BCUT2D eigenvalue weighted by Gasteiger charge is 2.31. The molecule has 0 saturated carbocycles. The summed E-state index contributed by atoms with van der Waals surface area (Å²) >= 11 is 0. The lowest BCUT2D eigenvalue weighted by Gasteiger charge is -2.25. The molecular weight excluding hydrogens is 526 g/mol. The predicted molar refractivity (Wildman–Crippen MR) is 152 cm³/mol. The number of ketones is 1. The van der Waals surface area contributed by atoms with E-state index in [2.05, 4.69) is 16.0 Å². The Morgan fingerprint density at radius 3 is 1.95 bits per heavy atom. The Labute approximate surface area is 239 Å². The van der Waals surface area contributed by atoms with Crippen LogP contribution >= 0.6 is 0 Å². The van der Waals surface area contributed by atoms with E-state index in [9.17, 15) is 19.2 Å². The number of hydrogen-bond acceptors (Lipinski definition) is 7. The van der Waals surface area contributed by atoms with Crippen LogP contribution in [0.25, 0.3) is 0 Å². The van der Waals surface area contributed by atoms with Crippen LogP contribution < -0.4 is 16.0 Å². The molecule has 0 aliphatic heterocycles. The summed E-state index contributed by atoms with van der Waals surface area (Å²) < 4.78 is 15.8. The van der Waals surface area contributed by atoms with E-state index < -0.39 is 36.0 Å². The lowest BCUT2D eigenvalue weighted by Crippen LogP contribution is -2.57. The molecule has 218 valence electrons. The summed E-state index contributed by atoms with van der Waals surface area (Å²) in [6, 6.07) is 18.4. The lowest BCUT2D eigenvalue weighted by atomic mass is 9.98. The zero-order chi connectivity index (χ0) is 29.6. The summed E-state index contributed by atoms with van der Waals surface area (Å²) in [5, 5.41) is 8.02. The third-order valence-corrected chi connectivity index (χ3v) is 6.17. The largest absolute Gasteiger partial charge is 0.461 e. The Balaban J connectivity index is 1.71. The number of ether oxygens (including phenoxy) is 2. The minimum absolute atomic E-state index is 0.0298. The Morgan fingerprint density at radius 2 is 1.37 bits per heavy atom. The van der Waals surface area contributed by atoms with E-state index in [1.54, 1.807) is 6.07 Å². The molecule has 0 aliphatic carbocycles. The molecular formula is C31H37N3O7. The van der Waals surface area contributed by atoms with E-state index in [-0.39, 0.29) is 37.1 Å². The molecule has 3 amide bonds. The van der Waals surface area contributed by atoms with Gasteiger partial charge in [-0.1, -0.05) is 74.5 Å². The number of rotatable bonds is 15. The molecule has 10 heteroatoms. The van der Waals surface area contributed by atoms with Gasteiger partial charge in [0.05, 0.1) is 18.9 Å². The highest BCUT2D eigenvalue weighted by Crippen LogP contribution is 2.13. The summed E-state index contributed by atoms with van der Waals surface area (Å²) in [6.45, 7) is 3.73. The average molecular weight is 564 g/mol. The minimum Gasteiger partial charge on any atom is -0.461 e. The second kappa shape index (κ2) is 16.0. The number of methoxy groups -OCH3 is 1. The molecule has 3 atom stereocenters. The minimum atomic E-state index is -1.13. The topological polar surface area (TPSA) is 136 Å². The summed E-state index contributed by atoms with van der Waals surface area (Å²) in [6.07, 6.45) is 1.13. The Morgan fingerprint density at radius 1 is 0.756 bits per heavy atom. The number of hydrogen-bond donors (Lipinski definition) is 3. The summed E-state index contributed by atoms with van der Waals surface area (Å²) in [5.41, 5.74) is 1.59. The van der Waals surface area contributed by atoms with Crippen molar-refractivity contribution in [1.82, 2.24) is 16.0 Å². The van der Waals surface area contributed by atoms with E-state index in [1.165, 1.54) is 19.4 Å². The van der Waals surface area contributed by atoms with Gasteiger partial charge in [0.2, 0.25) is 17.6 Å². The van der Waals surface area contributed by atoms with Crippen molar-refractivity contribution in [2.24, 2.45) is 5.92 Å². The molecule has 0 radical (unpaired) electrons. The van der Waals surface area contributed by atoms with Crippen LogP contribution in [0.15, 0.2) is 83.5 Å². The number of carbonyl (C=O) groups is 4. The van der Waals surface area contributed by atoms with Gasteiger partial charge in [-0.2, -0.15) is 0 Å². The van der Waals surface area contributed by atoms with Crippen LogP contribution in [0.2, 0.25) is 0 Å². The van der Waals surface area contributed by atoms with Crippen LogP contribution in [0.5, 0.6) is 0 Å². The van der Waals surface area contributed by atoms with Crippen molar-refractivity contribution >= 4 is 23.7 Å². The van der Waals surface area contributed by atoms with Gasteiger partial charge in [0.25, 0.3) is 0 Å². The normalized spacial score (nSPS) is 13.1. The third kappa shape index (κ3) is 10.2. The predicted octanol–water partition coefficient (Wildman–Crippen LogP) is 3.66. The van der Waals surface area contributed by atoms with Crippen molar-refractivity contribution in [3.05, 3.63) is 95.9 Å². The van der Waals surface area contributed by atoms with Crippen LogP contribution in [0.1, 0.15) is 41.9 Å². The first-order chi connectivity index (χ1) is 19.8. The second-order valence-corrected chi connectivity index (χ2v) is 10.00. The molecule has 1 aromatic heterocycles. The fraction of sp³-hybridized carbons (Fsp3) is 0.355. The zero-order valence-electron chi connectivity index (χ0n) is 23.5. The van der Waals surface area contributed by atoms with Crippen LogP contribution in [0.3, 0.4) is 0 Å². The van der Waals surface area contributed by atoms with Crippen LogP contribution in [-0.4, -0.2) is 55.5 Å². The van der Waals surface area contributed by atoms with Gasteiger partial charge in [-0.3, -0.25) is 14.4 Å².